The fraction of sp³-hybridized carbons (Fsp3) is 0.440. The van der Waals surface area contributed by atoms with E-state index in [1.54, 1.807) is 7.05 Å². The van der Waals surface area contributed by atoms with Crippen molar-refractivity contribution in [1.82, 2.24) is 15.5 Å². The zero-order valence-electron chi connectivity index (χ0n) is 19.1. The molecule has 6 nitrogen and oxygen atoms in total. The van der Waals surface area contributed by atoms with Crippen LogP contribution in [0.2, 0.25) is 0 Å². The second-order valence-corrected chi connectivity index (χ2v) is 8.25. The minimum Gasteiger partial charge on any atom is -0.491 e. The third-order valence-electron chi connectivity index (χ3n) is 5.31. The summed E-state index contributed by atoms with van der Waals surface area (Å²) in [6.45, 7) is 8.88. The Bertz CT molecular complexity index is 898. The summed E-state index contributed by atoms with van der Waals surface area (Å²) >= 11 is 0. The molecule has 0 atom stereocenters. The maximum atomic E-state index is 12.5. The van der Waals surface area contributed by atoms with Crippen molar-refractivity contribution in [3.05, 3.63) is 64.7 Å². The molecule has 1 amide bonds. The van der Waals surface area contributed by atoms with E-state index in [0.717, 1.165) is 36.8 Å². The second kappa shape index (κ2) is 10.8. The number of nitrogens with zero attached hydrogens (tertiary/aromatic N) is 2. The van der Waals surface area contributed by atoms with E-state index in [9.17, 15) is 4.79 Å². The largest absolute Gasteiger partial charge is 0.491 e. The van der Waals surface area contributed by atoms with Crippen LogP contribution in [0, 0.1) is 6.92 Å². The fourth-order valence-electron chi connectivity index (χ4n) is 3.69. The number of carbonyl (C=O) groups is 1. The van der Waals surface area contributed by atoms with Crippen molar-refractivity contribution < 1.29 is 9.53 Å². The van der Waals surface area contributed by atoms with Crippen LogP contribution in [-0.4, -0.2) is 36.5 Å². The highest BCUT2D eigenvalue weighted by Gasteiger charge is 2.22. The molecule has 0 saturated heterocycles. The molecule has 166 valence electrons. The number of hydrogen-bond acceptors (Lipinski definition) is 3. The highest BCUT2D eigenvalue weighted by Crippen LogP contribution is 2.23. The van der Waals surface area contributed by atoms with Crippen LogP contribution < -0.4 is 15.4 Å². The monoisotopic (exact) mass is 422 g/mol. The Labute approximate surface area is 185 Å². The highest BCUT2D eigenvalue weighted by atomic mass is 16.5. The Morgan fingerprint density at radius 1 is 1.13 bits per heavy atom. The maximum Gasteiger partial charge on any atom is 0.223 e. The lowest BCUT2D eigenvalue weighted by Gasteiger charge is -2.17. The summed E-state index contributed by atoms with van der Waals surface area (Å²) in [7, 11) is 1.75. The third-order valence-corrected chi connectivity index (χ3v) is 5.31. The maximum absolute atomic E-state index is 12.5. The Kier molecular flexibility index (Phi) is 7.93. The molecule has 0 spiro atoms. The van der Waals surface area contributed by atoms with Gasteiger partial charge < -0.3 is 20.3 Å². The molecule has 0 saturated carbocycles. The summed E-state index contributed by atoms with van der Waals surface area (Å²) in [4.78, 5) is 18.8. The number of rotatable bonds is 8. The van der Waals surface area contributed by atoms with Crippen molar-refractivity contribution in [3.8, 4) is 5.75 Å². The summed E-state index contributed by atoms with van der Waals surface area (Å²) in [5.41, 5.74) is 4.78. The number of guanidine groups is 1. The number of benzene rings is 2. The summed E-state index contributed by atoms with van der Waals surface area (Å²) in [6, 6.07) is 14.5. The van der Waals surface area contributed by atoms with Crippen LogP contribution in [-0.2, 0) is 24.4 Å². The SMILES string of the molecule is CN=C(NCCCC(=O)N1Cc2ccccc2C1)NCc1ccc(C)cc1OC(C)C. The first-order chi connectivity index (χ1) is 15.0. The van der Waals surface area contributed by atoms with Gasteiger partial charge in [0.25, 0.3) is 0 Å². The van der Waals surface area contributed by atoms with E-state index in [4.69, 9.17) is 4.74 Å². The Balaban J connectivity index is 1.41. The lowest BCUT2D eigenvalue weighted by atomic mass is 10.1. The number of ether oxygens (including phenoxy) is 1. The van der Waals surface area contributed by atoms with Gasteiger partial charge in [0.05, 0.1) is 6.10 Å². The lowest BCUT2D eigenvalue weighted by molar-refractivity contribution is -0.131. The molecule has 2 aromatic carbocycles. The van der Waals surface area contributed by atoms with Crippen LogP contribution in [0.5, 0.6) is 5.75 Å². The van der Waals surface area contributed by atoms with Gasteiger partial charge in [0.1, 0.15) is 5.75 Å². The van der Waals surface area contributed by atoms with Crippen LogP contribution in [0.3, 0.4) is 0 Å². The highest BCUT2D eigenvalue weighted by molar-refractivity contribution is 5.80. The van der Waals surface area contributed by atoms with Gasteiger partial charge in [0, 0.05) is 45.2 Å². The topological polar surface area (TPSA) is 66.0 Å². The molecule has 0 unspecified atom stereocenters. The number of fused-ring (bicyclic) bond motifs is 1. The second-order valence-electron chi connectivity index (χ2n) is 8.25. The normalized spacial score (nSPS) is 13.3. The summed E-state index contributed by atoms with van der Waals surface area (Å²) in [5.74, 6) is 1.82. The van der Waals surface area contributed by atoms with Gasteiger partial charge in [-0.25, -0.2) is 0 Å². The standard InChI is InChI=1S/C25H34N4O2/c1-18(2)31-23-14-19(3)11-12-20(23)15-28-25(26-4)27-13-7-10-24(30)29-16-21-8-5-6-9-22(21)17-29/h5-6,8-9,11-12,14,18H,7,10,13,15-17H2,1-4H3,(H2,26,27,28). The van der Waals surface area contributed by atoms with Crippen molar-refractivity contribution >= 4 is 11.9 Å². The Morgan fingerprint density at radius 3 is 2.48 bits per heavy atom. The smallest absolute Gasteiger partial charge is 0.223 e. The van der Waals surface area contributed by atoms with E-state index < -0.39 is 0 Å². The van der Waals surface area contributed by atoms with Gasteiger partial charge in [0.2, 0.25) is 5.91 Å². The molecule has 2 aromatic rings. The molecule has 0 bridgehead atoms. The van der Waals surface area contributed by atoms with Gasteiger partial charge in [-0.2, -0.15) is 0 Å². The molecule has 0 aromatic heterocycles. The quantitative estimate of drug-likeness (QED) is 0.386. The molecule has 0 aliphatic carbocycles. The van der Waals surface area contributed by atoms with E-state index in [1.165, 1.54) is 16.7 Å². The molecule has 0 radical (unpaired) electrons. The van der Waals surface area contributed by atoms with Crippen molar-refractivity contribution in [1.29, 1.82) is 0 Å². The van der Waals surface area contributed by atoms with Gasteiger partial charge >= 0.3 is 0 Å². The number of aryl methyl sites for hydroxylation is 1. The number of carbonyl (C=O) groups excluding carboxylic acids is 1. The molecule has 6 heteroatoms. The minimum absolute atomic E-state index is 0.124. The average molecular weight is 423 g/mol. The van der Waals surface area contributed by atoms with E-state index in [2.05, 4.69) is 52.9 Å². The molecule has 1 aliphatic rings. The molecule has 31 heavy (non-hydrogen) atoms. The van der Waals surface area contributed by atoms with Crippen LogP contribution >= 0.6 is 0 Å². The summed E-state index contributed by atoms with van der Waals surface area (Å²) in [6.07, 6.45) is 1.42. The Hall–Kier alpha value is -3.02. The van der Waals surface area contributed by atoms with Gasteiger partial charge in [0.15, 0.2) is 5.96 Å². The lowest BCUT2D eigenvalue weighted by Crippen LogP contribution is -2.37. The minimum atomic E-state index is 0.124. The van der Waals surface area contributed by atoms with Crippen molar-refractivity contribution in [2.24, 2.45) is 4.99 Å². The first-order valence-electron chi connectivity index (χ1n) is 11.0. The Morgan fingerprint density at radius 2 is 1.84 bits per heavy atom. The number of amides is 1. The molecule has 3 rings (SSSR count). The predicted molar refractivity (Wildman–Crippen MR) is 125 cm³/mol. The van der Waals surface area contributed by atoms with E-state index in [-0.39, 0.29) is 12.0 Å². The zero-order valence-corrected chi connectivity index (χ0v) is 19.1. The number of nitrogens with one attached hydrogen (secondary N) is 2. The molecule has 2 N–H and O–H groups in total. The van der Waals surface area contributed by atoms with Crippen molar-refractivity contribution in [2.75, 3.05) is 13.6 Å². The first-order valence-corrected chi connectivity index (χ1v) is 11.0. The fourth-order valence-corrected chi connectivity index (χ4v) is 3.69. The number of hydrogen-bond donors (Lipinski definition) is 2. The molecular formula is C25H34N4O2. The molecule has 1 aliphatic heterocycles. The van der Waals surface area contributed by atoms with E-state index in [0.29, 0.717) is 19.5 Å². The molecular weight excluding hydrogens is 388 g/mol. The predicted octanol–water partition coefficient (Wildman–Crippen LogP) is 3.77. The van der Waals surface area contributed by atoms with Gasteiger partial charge in [-0.05, 0) is 49.9 Å². The first kappa shape index (κ1) is 22.7. The zero-order chi connectivity index (χ0) is 22.2. The molecule has 0 fully saturated rings. The molecule has 1 heterocycles. The van der Waals surface area contributed by atoms with Crippen molar-refractivity contribution in [2.45, 2.75) is 59.4 Å². The van der Waals surface area contributed by atoms with E-state index in [1.807, 2.05) is 30.9 Å². The van der Waals surface area contributed by atoms with Crippen LogP contribution in [0.1, 0.15) is 48.9 Å². The van der Waals surface area contributed by atoms with E-state index >= 15 is 0 Å². The van der Waals surface area contributed by atoms with Crippen LogP contribution in [0.25, 0.3) is 0 Å². The van der Waals surface area contributed by atoms with Gasteiger partial charge in [-0.15, -0.1) is 0 Å². The summed E-state index contributed by atoms with van der Waals surface area (Å²) in [5, 5.41) is 6.64. The summed E-state index contributed by atoms with van der Waals surface area (Å²) < 4.78 is 5.95. The van der Waals surface area contributed by atoms with Crippen molar-refractivity contribution in [3.63, 3.8) is 0 Å². The van der Waals surface area contributed by atoms with Gasteiger partial charge in [-0.3, -0.25) is 9.79 Å². The number of aliphatic imine (C=N–C) groups is 1. The third kappa shape index (κ3) is 6.48. The average Bonchev–Trinajstić information content (AvgIpc) is 3.18. The van der Waals surface area contributed by atoms with Gasteiger partial charge in [-0.1, -0.05) is 36.4 Å². The van der Waals surface area contributed by atoms with Crippen LogP contribution in [0.4, 0.5) is 0 Å². The van der Waals surface area contributed by atoms with Crippen LogP contribution in [0.15, 0.2) is 47.5 Å².